The first-order valence-corrected chi connectivity index (χ1v) is 6.91. The summed E-state index contributed by atoms with van der Waals surface area (Å²) in [5.74, 6) is -1.32. The van der Waals surface area contributed by atoms with Crippen LogP contribution in [-0.4, -0.2) is 46.7 Å². The summed E-state index contributed by atoms with van der Waals surface area (Å²) in [6.07, 6.45) is 2.00. The third-order valence-electron chi connectivity index (χ3n) is 3.27. The summed E-state index contributed by atoms with van der Waals surface area (Å²) in [5.41, 5.74) is 1.03. The fraction of sp³-hybridized carbons (Fsp3) is 0.429. The molecule has 2 heterocycles. The van der Waals surface area contributed by atoms with Crippen LogP contribution in [0.2, 0.25) is 0 Å². The van der Waals surface area contributed by atoms with E-state index in [2.05, 4.69) is 15.6 Å². The summed E-state index contributed by atoms with van der Waals surface area (Å²) in [5, 5.41) is 5.32. The van der Waals surface area contributed by atoms with Crippen molar-refractivity contribution in [2.45, 2.75) is 26.3 Å². The van der Waals surface area contributed by atoms with E-state index in [1.807, 2.05) is 6.92 Å². The number of carbonyl (C=O) groups excluding carboxylic acids is 3. The highest BCUT2D eigenvalue weighted by Crippen LogP contribution is 2.14. The smallest absolute Gasteiger partial charge is 0.273 e. The summed E-state index contributed by atoms with van der Waals surface area (Å²) in [6.45, 7) is 4.39. The van der Waals surface area contributed by atoms with Gasteiger partial charge in [0.2, 0.25) is 11.8 Å². The molecule has 1 saturated heterocycles. The van der Waals surface area contributed by atoms with Gasteiger partial charge in [-0.1, -0.05) is 6.92 Å². The standard InChI is InChI=1S/C14H18N4O3/c1-3-11-13(20)17-12(19)8-18(11)14(21)10-6-5-9(7-16-10)15-4-2/h5-7,11,15H,3-4,8H2,1-2H3,(H,17,19,20). The van der Waals surface area contributed by atoms with E-state index < -0.39 is 23.8 Å². The molecule has 3 amide bonds. The van der Waals surface area contributed by atoms with Gasteiger partial charge in [-0.05, 0) is 25.5 Å². The van der Waals surface area contributed by atoms with Gasteiger partial charge in [-0.3, -0.25) is 19.7 Å². The number of nitrogens with one attached hydrogen (secondary N) is 2. The lowest BCUT2D eigenvalue weighted by molar-refractivity contribution is -0.138. The Hall–Kier alpha value is -2.44. The topological polar surface area (TPSA) is 91.4 Å². The molecule has 1 aliphatic heterocycles. The van der Waals surface area contributed by atoms with Crippen molar-refractivity contribution in [2.24, 2.45) is 0 Å². The number of pyridine rings is 1. The van der Waals surface area contributed by atoms with Gasteiger partial charge in [0, 0.05) is 6.54 Å². The number of aromatic nitrogens is 1. The molecule has 1 aromatic rings. The first-order valence-electron chi connectivity index (χ1n) is 6.91. The van der Waals surface area contributed by atoms with Gasteiger partial charge in [0.15, 0.2) is 0 Å². The minimum Gasteiger partial charge on any atom is -0.384 e. The number of carbonyl (C=O) groups is 3. The summed E-state index contributed by atoms with van der Waals surface area (Å²) >= 11 is 0. The van der Waals surface area contributed by atoms with Crippen molar-refractivity contribution in [1.82, 2.24) is 15.2 Å². The van der Waals surface area contributed by atoms with E-state index in [0.717, 1.165) is 12.2 Å². The Morgan fingerprint density at radius 2 is 2.19 bits per heavy atom. The molecule has 1 fully saturated rings. The third kappa shape index (κ3) is 3.18. The van der Waals surface area contributed by atoms with Crippen molar-refractivity contribution in [3.8, 4) is 0 Å². The van der Waals surface area contributed by atoms with E-state index in [1.54, 1.807) is 25.3 Å². The molecule has 0 aromatic carbocycles. The molecule has 112 valence electrons. The Morgan fingerprint density at radius 1 is 1.43 bits per heavy atom. The first kappa shape index (κ1) is 15.0. The third-order valence-corrected chi connectivity index (χ3v) is 3.27. The molecule has 0 saturated carbocycles. The minimum atomic E-state index is -0.634. The van der Waals surface area contributed by atoms with E-state index in [4.69, 9.17) is 0 Å². The van der Waals surface area contributed by atoms with Crippen LogP contribution in [0.4, 0.5) is 5.69 Å². The Balaban J connectivity index is 2.20. The fourth-order valence-electron chi connectivity index (χ4n) is 2.26. The largest absolute Gasteiger partial charge is 0.384 e. The van der Waals surface area contributed by atoms with E-state index in [1.165, 1.54) is 4.90 Å². The fourth-order valence-corrected chi connectivity index (χ4v) is 2.26. The Morgan fingerprint density at radius 3 is 2.76 bits per heavy atom. The molecular formula is C14H18N4O3. The normalized spacial score (nSPS) is 18.4. The van der Waals surface area contributed by atoms with Crippen molar-refractivity contribution in [1.29, 1.82) is 0 Å². The predicted molar refractivity (Wildman–Crippen MR) is 76.7 cm³/mol. The monoisotopic (exact) mass is 290 g/mol. The average molecular weight is 290 g/mol. The molecule has 7 nitrogen and oxygen atoms in total. The number of amides is 3. The molecular weight excluding hydrogens is 272 g/mol. The minimum absolute atomic E-state index is 0.125. The summed E-state index contributed by atoms with van der Waals surface area (Å²) in [7, 11) is 0. The number of anilines is 1. The molecule has 2 N–H and O–H groups in total. The molecule has 21 heavy (non-hydrogen) atoms. The highest BCUT2D eigenvalue weighted by atomic mass is 16.2. The molecule has 0 bridgehead atoms. The highest BCUT2D eigenvalue weighted by molar-refractivity contribution is 6.06. The maximum absolute atomic E-state index is 12.4. The quantitative estimate of drug-likeness (QED) is 0.783. The van der Waals surface area contributed by atoms with E-state index in [-0.39, 0.29) is 12.2 Å². The number of hydrogen-bond acceptors (Lipinski definition) is 5. The van der Waals surface area contributed by atoms with Gasteiger partial charge in [0.05, 0.1) is 11.9 Å². The number of rotatable bonds is 4. The summed E-state index contributed by atoms with van der Waals surface area (Å²) in [6, 6.07) is 2.70. The molecule has 2 rings (SSSR count). The molecule has 1 aliphatic rings. The maximum atomic E-state index is 12.4. The van der Waals surface area contributed by atoms with Crippen LogP contribution in [-0.2, 0) is 9.59 Å². The van der Waals surface area contributed by atoms with Crippen molar-refractivity contribution in [3.05, 3.63) is 24.0 Å². The van der Waals surface area contributed by atoms with Crippen LogP contribution in [0, 0.1) is 0 Å². The zero-order valence-electron chi connectivity index (χ0n) is 12.0. The second-order valence-corrected chi connectivity index (χ2v) is 4.73. The molecule has 0 aliphatic carbocycles. The van der Waals surface area contributed by atoms with Gasteiger partial charge in [-0.25, -0.2) is 4.98 Å². The second-order valence-electron chi connectivity index (χ2n) is 4.73. The van der Waals surface area contributed by atoms with Gasteiger partial charge >= 0.3 is 0 Å². The van der Waals surface area contributed by atoms with Gasteiger partial charge < -0.3 is 10.2 Å². The maximum Gasteiger partial charge on any atom is 0.273 e. The lowest BCUT2D eigenvalue weighted by Gasteiger charge is -2.33. The molecule has 0 radical (unpaired) electrons. The summed E-state index contributed by atoms with van der Waals surface area (Å²) < 4.78 is 0. The first-order chi connectivity index (χ1) is 10.1. The number of nitrogens with zero attached hydrogens (tertiary/aromatic N) is 2. The number of piperazine rings is 1. The van der Waals surface area contributed by atoms with Crippen molar-refractivity contribution >= 4 is 23.4 Å². The van der Waals surface area contributed by atoms with Crippen LogP contribution < -0.4 is 10.6 Å². The van der Waals surface area contributed by atoms with E-state index in [9.17, 15) is 14.4 Å². The predicted octanol–water partition coefficient (Wildman–Crippen LogP) is 0.391. The van der Waals surface area contributed by atoms with Crippen molar-refractivity contribution < 1.29 is 14.4 Å². The van der Waals surface area contributed by atoms with Crippen LogP contribution in [0.25, 0.3) is 0 Å². The van der Waals surface area contributed by atoms with Crippen molar-refractivity contribution in [2.75, 3.05) is 18.4 Å². The number of imide groups is 1. The Labute approximate surface area is 122 Å². The molecule has 1 unspecified atom stereocenters. The summed E-state index contributed by atoms with van der Waals surface area (Å²) in [4.78, 5) is 41.0. The lowest BCUT2D eigenvalue weighted by atomic mass is 10.1. The van der Waals surface area contributed by atoms with E-state index in [0.29, 0.717) is 6.42 Å². The molecule has 0 spiro atoms. The second kappa shape index (κ2) is 6.34. The number of hydrogen-bond donors (Lipinski definition) is 2. The zero-order valence-corrected chi connectivity index (χ0v) is 12.0. The van der Waals surface area contributed by atoms with Crippen LogP contribution >= 0.6 is 0 Å². The Bertz CT molecular complexity index is 556. The van der Waals surface area contributed by atoms with Crippen molar-refractivity contribution in [3.63, 3.8) is 0 Å². The van der Waals surface area contributed by atoms with Gasteiger partial charge in [-0.2, -0.15) is 0 Å². The van der Waals surface area contributed by atoms with E-state index >= 15 is 0 Å². The Kier molecular flexibility index (Phi) is 4.52. The average Bonchev–Trinajstić information content (AvgIpc) is 2.47. The zero-order chi connectivity index (χ0) is 15.4. The highest BCUT2D eigenvalue weighted by Gasteiger charge is 2.36. The van der Waals surface area contributed by atoms with Gasteiger partial charge in [0.25, 0.3) is 5.91 Å². The van der Waals surface area contributed by atoms with Crippen LogP contribution in [0.3, 0.4) is 0 Å². The van der Waals surface area contributed by atoms with Gasteiger partial charge in [0.1, 0.15) is 18.3 Å². The van der Waals surface area contributed by atoms with Crippen LogP contribution in [0.1, 0.15) is 30.8 Å². The molecule has 1 aromatic heterocycles. The molecule has 7 heteroatoms. The molecule has 1 atom stereocenters. The lowest BCUT2D eigenvalue weighted by Crippen LogP contribution is -2.59. The van der Waals surface area contributed by atoms with Crippen LogP contribution in [0.5, 0.6) is 0 Å². The van der Waals surface area contributed by atoms with Crippen LogP contribution in [0.15, 0.2) is 18.3 Å². The van der Waals surface area contributed by atoms with Gasteiger partial charge in [-0.15, -0.1) is 0 Å². The SMILES string of the molecule is CCNc1ccc(C(=O)N2CC(=O)NC(=O)C2CC)nc1.